The molecule has 2 N–H and O–H groups in total. The van der Waals surface area contributed by atoms with Gasteiger partial charge in [0.25, 0.3) is 0 Å². The predicted molar refractivity (Wildman–Crippen MR) is 67.6 cm³/mol. The van der Waals surface area contributed by atoms with Crippen molar-refractivity contribution in [3.63, 3.8) is 0 Å². The van der Waals surface area contributed by atoms with Gasteiger partial charge in [-0.3, -0.25) is 0 Å². The Morgan fingerprint density at radius 1 is 1.00 bits per heavy atom. The van der Waals surface area contributed by atoms with Crippen LogP contribution >= 0.6 is 0 Å². The minimum absolute atomic E-state index is 0.0492. The molecule has 3 aromatic rings. The smallest absolute Gasteiger partial charge is 0.225 e. The lowest BCUT2D eigenvalue weighted by Gasteiger charge is -2.09. The third-order valence-corrected chi connectivity index (χ3v) is 3.56. The number of hydrogen-bond donors (Lipinski definition) is 1. The van der Waals surface area contributed by atoms with Crippen LogP contribution in [0, 0.1) is 0 Å². The van der Waals surface area contributed by atoms with Crippen molar-refractivity contribution in [1.82, 2.24) is 30.0 Å². The minimum Gasteiger partial charge on any atom is -0.225 e. The van der Waals surface area contributed by atoms with E-state index in [2.05, 4.69) is 20.6 Å². The zero-order chi connectivity index (χ0) is 14.2. The zero-order valence-corrected chi connectivity index (χ0v) is 10.8. The van der Waals surface area contributed by atoms with E-state index in [0.29, 0.717) is 5.69 Å². The maximum absolute atomic E-state index is 11.6. The molecule has 0 aliphatic rings. The molecule has 0 saturated heterocycles. The molecule has 0 saturated carbocycles. The number of rotatable bonds is 3. The lowest BCUT2D eigenvalue weighted by Crippen LogP contribution is -2.16. The fourth-order valence-corrected chi connectivity index (χ4v) is 2.45. The monoisotopic (exact) mass is 291 g/mol. The van der Waals surface area contributed by atoms with Crippen LogP contribution in [-0.2, 0) is 10.0 Å². The lowest BCUT2D eigenvalue weighted by atomic mass is 10.3. The highest BCUT2D eigenvalue weighted by Gasteiger charge is 2.17. The number of nitrogens with two attached hydrogens (primary N) is 1. The summed E-state index contributed by atoms with van der Waals surface area (Å²) >= 11 is 0. The van der Waals surface area contributed by atoms with Crippen LogP contribution < -0.4 is 5.14 Å². The highest BCUT2D eigenvalue weighted by atomic mass is 32.2. The molecule has 0 radical (unpaired) electrons. The summed E-state index contributed by atoms with van der Waals surface area (Å²) in [6.45, 7) is 0. The van der Waals surface area contributed by atoms with Crippen molar-refractivity contribution in [1.29, 1.82) is 0 Å². The van der Waals surface area contributed by atoms with Crippen molar-refractivity contribution in [2.75, 3.05) is 0 Å². The molecule has 3 rings (SSSR count). The second-order valence-corrected chi connectivity index (χ2v) is 5.42. The Bertz CT molecular complexity index is 825. The minimum atomic E-state index is -3.88. The molecule has 10 heteroatoms. The quantitative estimate of drug-likeness (QED) is 0.694. The average molecular weight is 291 g/mol. The Morgan fingerprint density at radius 3 is 2.20 bits per heavy atom. The molecule has 9 nitrogen and oxygen atoms in total. The van der Waals surface area contributed by atoms with Crippen molar-refractivity contribution in [3.8, 4) is 11.4 Å². The van der Waals surface area contributed by atoms with Gasteiger partial charge in [0, 0.05) is 0 Å². The normalized spacial score (nSPS) is 11.7. The van der Waals surface area contributed by atoms with E-state index in [4.69, 9.17) is 5.14 Å². The summed E-state index contributed by atoms with van der Waals surface area (Å²) in [5.41, 5.74) is 0.915. The van der Waals surface area contributed by atoms with Gasteiger partial charge in [-0.05, 0) is 18.2 Å². The van der Waals surface area contributed by atoms with Gasteiger partial charge in [0.15, 0.2) is 0 Å². The van der Waals surface area contributed by atoms with Gasteiger partial charge < -0.3 is 0 Å². The van der Waals surface area contributed by atoms with Crippen molar-refractivity contribution in [2.45, 2.75) is 4.90 Å². The number of aromatic nitrogens is 6. The summed E-state index contributed by atoms with van der Waals surface area (Å²) in [5.74, 6) is 0. The first-order valence-corrected chi connectivity index (χ1v) is 7.00. The number of nitrogens with zero attached hydrogens (tertiary/aromatic N) is 6. The molecule has 0 bridgehead atoms. The van der Waals surface area contributed by atoms with Gasteiger partial charge >= 0.3 is 0 Å². The number of benzene rings is 1. The molecule has 1 aromatic carbocycles. The van der Waals surface area contributed by atoms with E-state index in [1.165, 1.54) is 34.0 Å². The molecule has 0 aliphatic carbocycles. The number of primary sulfonamides is 1. The van der Waals surface area contributed by atoms with Crippen LogP contribution in [0.3, 0.4) is 0 Å². The molecule has 0 spiro atoms. The molecule has 0 amide bonds. The van der Waals surface area contributed by atoms with Gasteiger partial charge in [-0.2, -0.15) is 0 Å². The van der Waals surface area contributed by atoms with Gasteiger partial charge in [-0.25, -0.2) is 22.9 Å². The first-order chi connectivity index (χ1) is 9.55. The van der Waals surface area contributed by atoms with Crippen LogP contribution in [0.1, 0.15) is 0 Å². The van der Waals surface area contributed by atoms with E-state index in [1.54, 1.807) is 18.3 Å². The third-order valence-electron chi connectivity index (χ3n) is 2.61. The summed E-state index contributed by atoms with van der Waals surface area (Å²) in [7, 11) is -3.88. The first-order valence-electron chi connectivity index (χ1n) is 5.46. The van der Waals surface area contributed by atoms with Crippen molar-refractivity contribution >= 4 is 10.0 Å². The standard InChI is InChI=1S/C10H9N7O2S/c11-20(18,19)10-2-1-8(16-5-3-12-14-16)7-9(10)17-6-4-13-15-17/h1-7H,(H2,11,18,19). The highest BCUT2D eigenvalue weighted by molar-refractivity contribution is 7.89. The van der Waals surface area contributed by atoms with Crippen molar-refractivity contribution in [2.24, 2.45) is 5.14 Å². The van der Waals surface area contributed by atoms with Gasteiger partial charge in [0.05, 0.1) is 36.2 Å². The average Bonchev–Trinajstić information content (AvgIpc) is 3.10. The number of hydrogen-bond acceptors (Lipinski definition) is 6. The maximum Gasteiger partial charge on any atom is 0.240 e. The second kappa shape index (κ2) is 4.51. The van der Waals surface area contributed by atoms with Gasteiger partial charge in [-0.1, -0.05) is 10.4 Å². The van der Waals surface area contributed by atoms with Crippen LogP contribution in [0.4, 0.5) is 0 Å². The molecular weight excluding hydrogens is 282 g/mol. The Labute approximate surface area is 113 Å². The fourth-order valence-electron chi connectivity index (χ4n) is 1.75. The van der Waals surface area contributed by atoms with Gasteiger partial charge in [0.1, 0.15) is 4.90 Å². The topological polar surface area (TPSA) is 122 Å². The third kappa shape index (κ3) is 2.17. The van der Waals surface area contributed by atoms with Gasteiger partial charge in [0.2, 0.25) is 10.0 Å². The van der Waals surface area contributed by atoms with Crippen LogP contribution in [0.5, 0.6) is 0 Å². The Hall–Kier alpha value is -2.59. The molecule has 0 atom stereocenters. The lowest BCUT2D eigenvalue weighted by molar-refractivity contribution is 0.596. The van der Waals surface area contributed by atoms with Crippen LogP contribution in [-0.4, -0.2) is 38.4 Å². The van der Waals surface area contributed by atoms with E-state index in [9.17, 15) is 8.42 Å². The summed E-state index contributed by atoms with van der Waals surface area (Å²) in [5, 5.41) is 20.2. The van der Waals surface area contributed by atoms with E-state index in [-0.39, 0.29) is 10.6 Å². The SMILES string of the molecule is NS(=O)(=O)c1ccc(-n2ccnn2)cc1-n1ccnn1. The zero-order valence-electron chi connectivity index (χ0n) is 10.0. The Balaban J connectivity index is 2.24. The molecule has 0 aliphatic heterocycles. The molecule has 102 valence electrons. The highest BCUT2D eigenvalue weighted by Crippen LogP contribution is 2.21. The maximum atomic E-state index is 11.6. The Morgan fingerprint density at radius 2 is 1.65 bits per heavy atom. The van der Waals surface area contributed by atoms with Crippen LogP contribution in [0.15, 0.2) is 47.9 Å². The molecule has 0 fully saturated rings. The molecule has 20 heavy (non-hydrogen) atoms. The van der Waals surface area contributed by atoms with Crippen molar-refractivity contribution in [3.05, 3.63) is 43.0 Å². The molecule has 2 aromatic heterocycles. The summed E-state index contributed by atoms with van der Waals surface area (Å²) in [6.07, 6.45) is 6.12. The predicted octanol–water partition coefficient (Wildman–Crippen LogP) is -0.505. The summed E-state index contributed by atoms with van der Waals surface area (Å²) < 4.78 is 26.1. The summed E-state index contributed by atoms with van der Waals surface area (Å²) in [4.78, 5) is -0.0492. The fraction of sp³-hybridized carbons (Fsp3) is 0. The summed E-state index contributed by atoms with van der Waals surface area (Å²) in [6, 6.07) is 4.56. The van der Waals surface area contributed by atoms with E-state index in [0.717, 1.165) is 0 Å². The van der Waals surface area contributed by atoms with E-state index >= 15 is 0 Å². The van der Waals surface area contributed by atoms with Crippen molar-refractivity contribution < 1.29 is 8.42 Å². The molecule has 0 unspecified atom stereocenters. The van der Waals surface area contributed by atoms with Gasteiger partial charge in [-0.15, -0.1) is 10.2 Å². The van der Waals surface area contributed by atoms with E-state index < -0.39 is 10.0 Å². The molecule has 2 heterocycles. The molecular formula is C10H9N7O2S. The largest absolute Gasteiger partial charge is 0.240 e. The number of sulfonamides is 1. The Kier molecular flexibility index (Phi) is 2.80. The van der Waals surface area contributed by atoms with Crippen LogP contribution in [0.2, 0.25) is 0 Å². The second-order valence-electron chi connectivity index (χ2n) is 3.89. The van der Waals surface area contributed by atoms with Crippen LogP contribution in [0.25, 0.3) is 11.4 Å². The first kappa shape index (κ1) is 12.4. The van der Waals surface area contributed by atoms with E-state index in [1.807, 2.05) is 0 Å².